The number of nitrogens with one attached hydrogen (secondary N) is 1. The van der Waals surface area contributed by atoms with Gasteiger partial charge in [-0.15, -0.1) is 0 Å². The average Bonchev–Trinajstić information content (AvgIpc) is 2.83. The molecule has 20 heavy (non-hydrogen) atoms. The van der Waals surface area contributed by atoms with Gasteiger partial charge < -0.3 is 0 Å². The maximum absolute atomic E-state index is 12.4. The monoisotopic (exact) mass is 298 g/mol. The van der Waals surface area contributed by atoms with Crippen molar-refractivity contribution in [1.29, 1.82) is 0 Å². The van der Waals surface area contributed by atoms with Crippen LogP contribution >= 0.6 is 0 Å². The first-order valence-electron chi connectivity index (χ1n) is 6.59. The van der Waals surface area contributed by atoms with Crippen molar-refractivity contribution >= 4 is 15.7 Å². The molecule has 1 aliphatic rings. The number of benzene rings is 1. The van der Waals surface area contributed by atoms with Crippen molar-refractivity contribution < 1.29 is 13.3 Å². The van der Waals surface area contributed by atoms with Gasteiger partial charge in [0.05, 0.1) is 4.92 Å². The molecule has 1 N–H and O–H groups in total. The number of nitro benzene ring substituents is 1. The number of aryl methyl sites for hydroxylation is 2. The van der Waals surface area contributed by atoms with Gasteiger partial charge in [-0.25, -0.2) is 13.1 Å². The third kappa shape index (κ3) is 2.99. The minimum absolute atomic E-state index is 0.110. The Morgan fingerprint density at radius 3 is 2.30 bits per heavy atom. The summed E-state index contributed by atoms with van der Waals surface area (Å²) in [4.78, 5) is 10.2. The second-order valence-electron chi connectivity index (χ2n) is 5.26. The first kappa shape index (κ1) is 14.9. The highest BCUT2D eigenvalue weighted by Crippen LogP contribution is 2.28. The van der Waals surface area contributed by atoms with Gasteiger partial charge in [-0.2, -0.15) is 0 Å². The molecule has 1 fully saturated rings. The first-order valence-corrected chi connectivity index (χ1v) is 8.07. The molecule has 1 aromatic carbocycles. The van der Waals surface area contributed by atoms with E-state index >= 15 is 0 Å². The zero-order chi connectivity index (χ0) is 14.9. The van der Waals surface area contributed by atoms with Crippen LogP contribution in [0.5, 0.6) is 0 Å². The molecule has 0 unspecified atom stereocenters. The van der Waals surface area contributed by atoms with Gasteiger partial charge in [0.1, 0.15) is 0 Å². The Labute approximate surface area is 118 Å². The van der Waals surface area contributed by atoms with Gasteiger partial charge >= 0.3 is 0 Å². The molecule has 1 aromatic rings. The fourth-order valence-electron chi connectivity index (χ4n) is 2.46. The zero-order valence-electron chi connectivity index (χ0n) is 11.5. The van der Waals surface area contributed by atoms with Crippen LogP contribution in [0.1, 0.15) is 36.8 Å². The molecule has 0 radical (unpaired) electrons. The fourth-order valence-corrected chi connectivity index (χ4v) is 4.00. The van der Waals surface area contributed by atoms with Crippen molar-refractivity contribution in [2.75, 3.05) is 0 Å². The van der Waals surface area contributed by atoms with Crippen LogP contribution < -0.4 is 4.72 Å². The molecule has 0 heterocycles. The van der Waals surface area contributed by atoms with E-state index in [-0.39, 0.29) is 16.6 Å². The normalized spacial score (nSPS) is 16.5. The summed E-state index contributed by atoms with van der Waals surface area (Å²) in [6, 6.07) is 2.59. The molecule has 0 atom stereocenters. The number of sulfonamides is 1. The molecule has 1 saturated carbocycles. The lowest BCUT2D eigenvalue weighted by Crippen LogP contribution is -2.33. The predicted molar refractivity (Wildman–Crippen MR) is 75.1 cm³/mol. The molecule has 1 aliphatic carbocycles. The van der Waals surface area contributed by atoms with Crippen LogP contribution in [0.2, 0.25) is 0 Å². The second kappa shape index (κ2) is 5.49. The second-order valence-corrected chi connectivity index (χ2v) is 6.95. The molecule has 0 amide bonds. The Kier molecular flexibility index (Phi) is 4.10. The van der Waals surface area contributed by atoms with Gasteiger partial charge in [-0.1, -0.05) is 12.8 Å². The van der Waals surface area contributed by atoms with E-state index < -0.39 is 14.9 Å². The van der Waals surface area contributed by atoms with E-state index in [9.17, 15) is 18.5 Å². The van der Waals surface area contributed by atoms with Gasteiger partial charge in [0.25, 0.3) is 5.69 Å². The van der Waals surface area contributed by atoms with E-state index in [0.29, 0.717) is 5.56 Å². The van der Waals surface area contributed by atoms with Crippen LogP contribution in [-0.4, -0.2) is 19.4 Å². The number of hydrogen-bond donors (Lipinski definition) is 1. The molecule has 0 aromatic heterocycles. The lowest BCUT2D eigenvalue weighted by Gasteiger charge is -2.13. The van der Waals surface area contributed by atoms with Crippen LogP contribution in [0.25, 0.3) is 0 Å². The van der Waals surface area contributed by atoms with Crippen molar-refractivity contribution in [3.63, 3.8) is 0 Å². The summed E-state index contributed by atoms with van der Waals surface area (Å²) in [7, 11) is -3.85. The van der Waals surface area contributed by atoms with Crippen LogP contribution in [0.3, 0.4) is 0 Å². The molecule has 0 saturated heterocycles. The summed E-state index contributed by atoms with van der Waals surface area (Å²) in [6.45, 7) is 3.47. The highest BCUT2D eigenvalue weighted by atomic mass is 32.2. The SMILES string of the molecule is Cc1cc([N+](=O)[O-])c(S(=O)(=O)NC2CCCC2)cc1C. The number of nitro groups is 1. The van der Waals surface area contributed by atoms with Gasteiger partial charge in [-0.3, -0.25) is 10.1 Å². The summed E-state index contributed by atoms with van der Waals surface area (Å²) >= 11 is 0. The molecule has 2 rings (SSSR count). The predicted octanol–water partition coefficient (Wildman–Crippen LogP) is 2.43. The third-order valence-electron chi connectivity index (χ3n) is 3.74. The quantitative estimate of drug-likeness (QED) is 0.683. The van der Waals surface area contributed by atoms with Gasteiger partial charge in [0.2, 0.25) is 10.0 Å². The van der Waals surface area contributed by atoms with Crippen molar-refractivity contribution in [3.05, 3.63) is 33.4 Å². The number of nitrogens with zero attached hydrogens (tertiary/aromatic N) is 1. The summed E-state index contributed by atoms with van der Waals surface area (Å²) in [5.41, 5.74) is 1.07. The van der Waals surface area contributed by atoms with E-state index in [0.717, 1.165) is 31.2 Å². The van der Waals surface area contributed by atoms with Crippen molar-refractivity contribution in [2.24, 2.45) is 0 Å². The van der Waals surface area contributed by atoms with Gasteiger partial charge in [0, 0.05) is 12.1 Å². The summed E-state index contributed by atoms with van der Waals surface area (Å²) in [6.07, 6.45) is 3.56. The van der Waals surface area contributed by atoms with Crippen LogP contribution in [0.4, 0.5) is 5.69 Å². The lowest BCUT2D eigenvalue weighted by atomic mass is 10.1. The zero-order valence-corrected chi connectivity index (χ0v) is 12.4. The molecule has 110 valence electrons. The molecule has 0 spiro atoms. The van der Waals surface area contributed by atoms with Crippen molar-refractivity contribution in [3.8, 4) is 0 Å². The highest BCUT2D eigenvalue weighted by molar-refractivity contribution is 7.89. The first-order chi connectivity index (χ1) is 9.31. The largest absolute Gasteiger partial charge is 0.289 e. The average molecular weight is 298 g/mol. The van der Waals surface area contributed by atoms with Crippen LogP contribution in [0.15, 0.2) is 17.0 Å². The van der Waals surface area contributed by atoms with Crippen molar-refractivity contribution in [1.82, 2.24) is 4.72 Å². The maximum atomic E-state index is 12.4. The smallest absolute Gasteiger partial charge is 0.258 e. The summed E-state index contributed by atoms with van der Waals surface area (Å²) in [5, 5.41) is 11.1. The topological polar surface area (TPSA) is 89.3 Å². The molecule has 7 heteroatoms. The molecule has 6 nitrogen and oxygen atoms in total. The summed E-state index contributed by atoms with van der Waals surface area (Å²) in [5.74, 6) is 0. The van der Waals surface area contributed by atoms with E-state index in [1.807, 2.05) is 0 Å². The molecular formula is C13H18N2O4S. The standard InChI is InChI=1S/C13H18N2O4S/c1-9-7-12(15(16)17)13(8-10(9)2)20(18,19)14-11-5-3-4-6-11/h7-8,11,14H,3-6H2,1-2H3. The minimum atomic E-state index is -3.85. The molecule has 0 aliphatic heterocycles. The maximum Gasteiger partial charge on any atom is 0.289 e. The Morgan fingerprint density at radius 2 is 1.75 bits per heavy atom. The molecular weight excluding hydrogens is 280 g/mol. The third-order valence-corrected chi connectivity index (χ3v) is 5.29. The van der Waals surface area contributed by atoms with Gasteiger partial charge in [-0.05, 0) is 43.9 Å². The van der Waals surface area contributed by atoms with E-state index in [4.69, 9.17) is 0 Å². The van der Waals surface area contributed by atoms with E-state index in [1.165, 1.54) is 12.1 Å². The van der Waals surface area contributed by atoms with E-state index in [1.54, 1.807) is 13.8 Å². The van der Waals surface area contributed by atoms with E-state index in [2.05, 4.69) is 4.72 Å². The fraction of sp³-hybridized carbons (Fsp3) is 0.538. The van der Waals surface area contributed by atoms with Crippen LogP contribution in [-0.2, 0) is 10.0 Å². The number of hydrogen-bond acceptors (Lipinski definition) is 4. The Hall–Kier alpha value is -1.47. The highest BCUT2D eigenvalue weighted by Gasteiger charge is 2.29. The minimum Gasteiger partial charge on any atom is -0.258 e. The van der Waals surface area contributed by atoms with Crippen molar-refractivity contribution in [2.45, 2.75) is 50.5 Å². The lowest BCUT2D eigenvalue weighted by molar-refractivity contribution is -0.387. The Bertz CT molecular complexity index is 634. The Morgan fingerprint density at radius 1 is 1.20 bits per heavy atom. The van der Waals surface area contributed by atoms with Gasteiger partial charge in [0.15, 0.2) is 4.90 Å². The summed E-state index contributed by atoms with van der Waals surface area (Å²) < 4.78 is 27.3. The number of rotatable bonds is 4. The Balaban J connectivity index is 2.44. The molecule has 0 bridgehead atoms. The van der Waals surface area contributed by atoms with Crippen LogP contribution in [0, 0.1) is 24.0 Å².